The molecule has 0 saturated heterocycles. The van der Waals surface area contributed by atoms with Gasteiger partial charge in [0.2, 0.25) is 9.05 Å². The van der Waals surface area contributed by atoms with Gasteiger partial charge in [-0.15, -0.1) is 0 Å². The van der Waals surface area contributed by atoms with E-state index in [-0.39, 0.29) is 5.75 Å². The monoisotopic (exact) mass is 327 g/mol. The van der Waals surface area contributed by atoms with Crippen LogP contribution in [0.15, 0.2) is 36.5 Å². The standard InChI is InChI=1S/C15H18ClNO3S/c16-21(18,19)12-4-2-1-3-11-20-14-9-5-7-13-8-6-10-17-15(13)14/h5-10H,1-4,11-12H2. The third-order valence-corrected chi connectivity index (χ3v) is 4.37. The summed E-state index contributed by atoms with van der Waals surface area (Å²) in [5, 5.41) is 1.06. The molecule has 1 aromatic carbocycles. The topological polar surface area (TPSA) is 56.3 Å². The van der Waals surface area contributed by atoms with E-state index in [1.807, 2.05) is 30.3 Å². The van der Waals surface area contributed by atoms with Crippen molar-refractivity contribution in [3.05, 3.63) is 36.5 Å². The number of benzene rings is 1. The molecule has 0 atom stereocenters. The molecule has 6 heteroatoms. The Balaban J connectivity index is 1.73. The van der Waals surface area contributed by atoms with Crippen LogP contribution in [0.5, 0.6) is 5.75 Å². The largest absolute Gasteiger partial charge is 0.491 e. The van der Waals surface area contributed by atoms with E-state index < -0.39 is 9.05 Å². The second-order valence-corrected chi connectivity index (χ2v) is 7.73. The molecule has 0 N–H and O–H groups in total. The number of hydrogen-bond donors (Lipinski definition) is 0. The van der Waals surface area contributed by atoms with Crippen molar-refractivity contribution in [2.75, 3.05) is 12.4 Å². The average molecular weight is 328 g/mol. The molecule has 0 spiro atoms. The minimum atomic E-state index is -3.35. The van der Waals surface area contributed by atoms with Gasteiger partial charge in [-0.3, -0.25) is 4.98 Å². The molecule has 21 heavy (non-hydrogen) atoms. The Hall–Kier alpha value is -1.33. The lowest BCUT2D eigenvalue weighted by molar-refractivity contribution is 0.308. The number of halogens is 1. The van der Waals surface area contributed by atoms with E-state index >= 15 is 0 Å². The summed E-state index contributed by atoms with van der Waals surface area (Å²) in [7, 11) is 1.80. The predicted octanol–water partition coefficient (Wildman–Crippen LogP) is 3.74. The van der Waals surface area contributed by atoms with Gasteiger partial charge in [0.15, 0.2) is 0 Å². The average Bonchev–Trinajstić information content (AvgIpc) is 2.45. The molecular formula is C15H18ClNO3S. The van der Waals surface area contributed by atoms with Gasteiger partial charge in [-0.1, -0.05) is 31.0 Å². The van der Waals surface area contributed by atoms with Gasteiger partial charge in [0.05, 0.1) is 12.4 Å². The maximum Gasteiger partial charge on any atom is 0.232 e. The first kappa shape index (κ1) is 16.0. The number of ether oxygens (including phenoxy) is 1. The molecule has 0 amide bonds. The number of nitrogens with zero attached hydrogens (tertiary/aromatic N) is 1. The van der Waals surface area contributed by atoms with Crippen LogP contribution in [0.25, 0.3) is 10.9 Å². The minimum absolute atomic E-state index is 0.0443. The summed E-state index contributed by atoms with van der Waals surface area (Å²) in [5.41, 5.74) is 0.869. The van der Waals surface area contributed by atoms with Crippen molar-refractivity contribution in [1.29, 1.82) is 0 Å². The van der Waals surface area contributed by atoms with Crippen LogP contribution in [0, 0.1) is 0 Å². The van der Waals surface area contributed by atoms with Crippen LogP contribution < -0.4 is 4.74 Å². The highest BCUT2D eigenvalue weighted by molar-refractivity contribution is 8.13. The van der Waals surface area contributed by atoms with Crippen LogP contribution in [0.4, 0.5) is 0 Å². The quantitative estimate of drug-likeness (QED) is 0.547. The molecular weight excluding hydrogens is 310 g/mol. The van der Waals surface area contributed by atoms with Gasteiger partial charge in [-0.05, 0) is 25.0 Å². The van der Waals surface area contributed by atoms with Crippen molar-refractivity contribution in [2.24, 2.45) is 0 Å². The Bertz CT molecular complexity index is 683. The molecule has 114 valence electrons. The molecule has 0 radical (unpaired) electrons. The van der Waals surface area contributed by atoms with Gasteiger partial charge in [0.25, 0.3) is 0 Å². The lowest BCUT2D eigenvalue weighted by Crippen LogP contribution is -2.00. The van der Waals surface area contributed by atoms with Crippen molar-refractivity contribution in [1.82, 2.24) is 4.98 Å². The zero-order valence-electron chi connectivity index (χ0n) is 11.7. The minimum Gasteiger partial charge on any atom is -0.491 e. The highest BCUT2D eigenvalue weighted by atomic mass is 35.7. The summed E-state index contributed by atoms with van der Waals surface area (Å²) in [6.07, 6.45) is 4.99. The van der Waals surface area contributed by atoms with Crippen LogP contribution >= 0.6 is 10.7 Å². The van der Waals surface area contributed by atoms with Crippen LogP contribution in [-0.2, 0) is 9.05 Å². The van der Waals surface area contributed by atoms with E-state index in [2.05, 4.69) is 4.98 Å². The van der Waals surface area contributed by atoms with Gasteiger partial charge < -0.3 is 4.74 Å². The van der Waals surface area contributed by atoms with E-state index in [1.54, 1.807) is 6.20 Å². The molecule has 2 rings (SSSR count). The van der Waals surface area contributed by atoms with Crippen molar-refractivity contribution in [2.45, 2.75) is 25.7 Å². The number of pyridine rings is 1. The number of hydrogen-bond acceptors (Lipinski definition) is 4. The molecule has 0 bridgehead atoms. The fraction of sp³-hybridized carbons (Fsp3) is 0.400. The third-order valence-electron chi connectivity index (χ3n) is 3.14. The number of aromatic nitrogens is 1. The maximum absolute atomic E-state index is 10.8. The van der Waals surface area contributed by atoms with Crippen LogP contribution in [0.2, 0.25) is 0 Å². The number of fused-ring (bicyclic) bond motifs is 1. The van der Waals surface area contributed by atoms with Crippen LogP contribution in [-0.4, -0.2) is 25.8 Å². The number of para-hydroxylation sites is 1. The maximum atomic E-state index is 10.8. The van der Waals surface area contributed by atoms with E-state index in [1.165, 1.54) is 0 Å². The first-order valence-electron chi connectivity index (χ1n) is 6.95. The predicted molar refractivity (Wildman–Crippen MR) is 85.3 cm³/mol. The van der Waals surface area contributed by atoms with Gasteiger partial charge in [-0.2, -0.15) is 0 Å². The first-order chi connectivity index (χ1) is 10.1. The lowest BCUT2D eigenvalue weighted by Gasteiger charge is -2.08. The molecule has 0 aliphatic rings. The van der Waals surface area contributed by atoms with E-state index in [0.717, 1.165) is 35.9 Å². The lowest BCUT2D eigenvalue weighted by atomic mass is 10.2. The molecule has 4 nitrogen and oxygen atoms in total. The highest BCUT2D eigenvalue weighted by Crippen LogP contribution is 2.23. The summed E-state index contributed by atoms with van der Waals surface area (Å²) in [4.78, 5) is 4.33. The van der Waals surface area contributed by atoms with Crippen molar-refractivity contribution in [3.8, 4) is 5.75 Å². The SMILES string of the molecule is O=S(=O)(Cl)CCCCCCOc1cccc2cccnc12. The third kappa shape index (κ3) is 5.52. The molecule has 0 fully saturated rings. The Kier molecular flexibility index (Phi) is 5.82. The second kappa shape index (κ2) is 7.61. The van der Waals surface area contributed by atoms with Crippen molar-refractivity contribution in [3.63, 3.8) is 0 Å². The van der Waals surface area contributed by atoms with E-state index in [4.69, 9.17) is 15.4 Å². The fourth-order valence-corrected chi connectivity index (χ4v) is 2.98. The van der Waals surface area contributed by atoms with Gasteiger partial charge in [0.1, 0.15) is 11.3 Å². The number of unbranched alkanes of at least 4 members (excludes halogenated alkanes) is 3. The smallest absolute Gasteiger partial charge is 0.232 e. The summed E-state index contributed by atoms with van der Waals surface area (Å²) < 4.78 is 27.3. The van der Waals surface area contributed by atoms with Gasteiger partial charge >= 0.3 is 0 Å². The normalized spacial score (nSPS) is 11.7. The summed E-state index contributed by atoms with van der Waals surface area (Å²) in [6.45, 7) is 0.601. The Morgan fingerprint density at radius 3 is 2.62 bits per heavy atom. The summed E-state index contributed by atoms with van der Waals surface area (Å²) in [6, 6.07) is 9.76. The molecule has 0 unspecified atom stereocenters. The highest BCUT2D eigenvalue weighted by Gasteiger charge is 2.04. The second-order valence-electron chi connectivity index (χ2n) is 4.84. The molecule has 0 saturated carbocycles. The Labute approximate surface area is 129 Å². The molecule has 0 aliphatic heterocycles. The van der Waals surface area contributed by atoms with Gasteiger partial charge in [-0.25, -0.2) is 8.42 Å². The molecule has 1 aromatic heterocycles. The summed E-state index contributed by atoms with van der Waals surface area (Å²) in [5.74, 6) is 0.833. The fourth-order valence-electron chi connectivity index (χ4n) is 2.10. The summed E-state index contributed by atoms with van der Waals surface area (Å²) >= 11 is 0. The zero-order chi connectivity index (χ0) is 15.1. The van der Waals surface area contributed by atoms with E-state index in [0.29, 0.717) is 13.0 Å². The zero-order valence-corrected chi connectivity index (χ0v) is 13.2. The number of rotatable bonds is 8. The van der Waals surface area contributed by atoms with Crippen LogP contribution in [0.1, 0.15) is 25.7 Å². The molecule has 2 aromatic rings. The Morgan fingerprint density at radius 1 is 1.05 bits per heavy atom. The van der Waals surface area contributed by atoms with Gasteiger partial charge in [0, 0.05) is 22.3 Å². The molecule has 1 heterocycles. The van der Waals surface area contributed by atoms with Crippen LogP contribution in [0.3, 0.4) is 0 Å². The van der Waals surface area contributed by atoms with Crippen molar-refractivity contribution >= 4 is 30.6 Å². The molecule has 0 aliphatic carbocycles. The Morgan fingerprint density at radius 2 is 1.81 bits per heavy atom. The first-order valence-corrected chi connectivity index (χ1v) is 9.43. The van der Waals surface area contributed by atoms with Crippen molar-refractivity contribution < 1.29 is 13.2 Å². The van der Waals surface area contributed by atoms with E-state index in [9.17, 15) is 8.42 Å².